The number of hydrogen-bond donors (Lipinski definition) is 2. The fourth-order valence-corrected chi connectivity index (χ4v) is 3.80. The third-order valence-electron chi connectivity index (χ3n) is 5.62. The maximum Gasteiger partial charge on any atom is 0.320 e. The van der Waals surface area contributed by atoms with Crippen LogP contribution < -0.4 is 15.2 Å². The summed E-state index contributed by atoms with van der Waals surface area (Å²) in [7, 11) is 0. The highest BCUT2D eigenvalue weighted by Crippen LogP contribution is 2.25. The van der Waals surface area contributed by atoms with E-state index in [-0.39, 0.29) is 13.0 Å². The van der Waals surface area contributed by atoms with Crippen LogP contribution >= 0.6 is 0 Å². The van der Waals surface area contributed by atoms with Crippen LogP contribution in [0.1, 0.15) is 28.7 Å². The van der Waals surface area contributed by atoms with Crippen molar-refractivity contribution in [3.63, 3.8) is 0 Å². The van der Waals surface area contributed by atoms with E-state index in [1.54, 1.807) is 0 Å². The summed E-state index contributed by atoms with van der Waals surface area (Å²) in [5, 5.41) is 9.24. The second-order valence-electron chi connectivity index (χ2n) is 8.47. The Hall–Kier alpha value is -3.42. The molecular weight excluding hydrogens is 447 g/mol. The number of hydrogen-bond acceptors (Lipinski definition) is 5. The van der Waals surface area contributed by atoms with E-state index in [0.717, 1.165) is 22.4 Å². The molecule has 6 nitrogen and oxygen atoms in total. The van der Waals surface area contributed by atoms with Crippen LogP contribution in [0.15, 0.2) is 72.8 Å². The predicted octanol–water partition coefficient (Wildman–Crippen LogP) is 4.73. The molecule has 0 bridgehead atoms. The van der Waals surface area contributed by atoms with Crippen LogP contribution in [-0.4, -0.2) is 41.8 Å². The molecule has 0 aliphatic rings. The molecule has 3 aromatic rings. The maximum atomic E-state index is 12.7. The van der Waals surface area contributed by atoms with E-state index in [4.69, 9.17) is 15.2 Å². The number of nitrogens with two attached hydrogens (primary N) is 1. The highest BCUT2D eigenvalue weighted by Gasteiger charge is 2.17. The molecule has 0 fully saturated rings. The van der Waals surface area contributed by atoms with Crippen molar-refractivity contribution in [3.05, 3.63) is 95.1 Å². The number of carboxylic acids is 1. The van der Waals surface area contributed by atoms with Crippen molar-refractivity contribution in [2.75, 3.05) is 19.8 Å². The molecule has 3 rings (SSSR count). The van der Waals surface area contributed by atoms with Crippen molar-refractivity contribution in [2.45, 2.75) is 39.1 Å². The van der Waals surface area contributed by atoms with E-state index in [9.17, 15) is 14.3 Å². The lowest BCUT2D eigenvalue weighted by molar-refractivity contribution is -0.138. The summed E-state index contributed by atoms with van der Waals surface area (Å²) < 4.78 is 24.4. The maximum absolute atomic E-state index is 12.7. The molecule has 0 radical (unpaired) electrons. The molecule has 1 atom stereocenters. The molecule has 3 N–H and O–H groups in total. The molecule has 35 heavy (non-hydrogen) atoms. The summed E-state index contributed by atoms with van der Waals surface area (Å²) in [6, 6.07) is 22.5. The molecule has 7 heteroatoms. The zero-order valence-corrected chi connectivity index (χ0v) is 20.0. The van der Waals surface area contributed by atoms with Crippen LogP contribution in [0.3, 0.4) is 0 Å². The standard InChI is InChI=1S/C28H33FN2O4/c1-21-7-6-8-22(17-21)20-35-27-12-5-3-10-24(27)19-31(15-13-25(30)28(32)33)18-23-9-2-4-11-26(23)34-16-14-29/h2-12,17,25H,13-16,18-20,30H2,1H3,(H,32,33)/t25-/m0/s1. The van der Waals surface area contributed by atoms with Gasteiger partial charge in [-0.05, 0) is 31.0 Å². The van der Waals surface area contributed by atoms with Crippen LogP contribution in [0.2, 0.25) is 0 Å². The number of rotatable bonds is 14. The third-order valence-corrected chi connectivity index (χ3v) is 5.62. The lowest BCUT2D eigenvalue weighted by Gasteiger charge is -2.25. The first-order valence-corrected chi connectivity index (χ1v) is 11.7. The smallest absolute Gasteiger partial charge is 0.320 e. The molecule has 0 spiro atoms. The molecule has 3 aromatic carbocycles. The minimum absolute atomic E-state index is 0.0173. The van der Waals surface area contributed by atoms with Gasteiger partial charge in [0.05, 0.1) is 0 Å². The Morgan fingerprint density at radius 3 is 2.20 bits per heavy atom. The summed E-state index contributed by atoms with van der Waals surface area (Å²) >= 11 is 0. The number of carbonyl (C=O) groups is 1. The number of alkyl halides is 1. The van der Waals surface area contributed by atoms with E-state index < -0.39 is 18.7 Å². The van der Waals surface area contributed by atoms with Crippen molar-refractivity contribution >= 4 is 5.97 Å². The first-order chi connectivity index (χ1) is 17.0. The Balaban J connectivity index is 1.78. The predicted molar refractivity (Wildman–Crippen MR) is 134 cm³/mol. The van der Waals surface area contributed by atoms with Gasteiger partial charge in [-0.3, -0.25) is 9.69 Å². The first kappa shape index (κ1) is 26.2. The van der Waals surface area contributed by atoms with E-state index in [1.165, 1.54) is 5.56 Å². The summed E-state index contributed by atoms with van der Waals surface area (Å²) in [5.41, 5.74) is 9.91. The number of carboxylic acid groups (broad SMARTS) is 1. The Kier molecular flexibility index (Phi) is 10.1. The number of aliphatic carboxylic acids is 1. The number of ether oxygens (including phenoxy) is 2. The topological polar surface area (TPSA) is 85.0 Å². The number of halogens is 1. The normalized spacial score (nSPS) is 11.9. The van der Waals surface area contributed by atoms with E-state index in [0.29, 0.717) is 32.0 Å². The van der Waals surface area contributed by atoms with E-state index >= 15 is 0 Å². The number of benzene rings is 3. The van der Waals surface area contributed by atoms with Gasteiger partial charge in [-0.15, -0.1) is 0 Å². The minimum atomic E-state index is -1.03. The molecule has 0 aliphatic carbocycles. The third kappa shape index (κ3) is 8.38. The van der Waals surface area contributed by atoms with Crippen molar-refractivity contribution in [3.8, 4) is 11.5 Å². The minimum Gasteiger partial charge on any atom is -0.491 e. The molecule has 0 aromatic heterocycles. The van der Waals surface area contributed by atoms with Gasteiger partial charge in [-0.2, -0.15) is 0 Å². The van der Waals surface area contributed by atoms with Crippen LogP contribution in [-0.2, 0) is 24.5 Å². The Bertz CT molecular complexity index is 1090. The summed E-state index contributed by atoms with van der Waals surface area (Å²) in [5.74, 6) is 0.351. The lowest BCUT2D eigenvalue weighted by atomic mass is 10.1. The van der Waals surface area contributed by atoms with Gasteiger partial charge in [-0.25, -0.2) is 4.39 Å². The van der Waals surface area contributed by atoms with Crippen molar-refractivity contribution in [2.24, 2.45) is 5.73 Å². The summed E-state index contributed by atoms with van der Waals surface area (Å²) in [4.78, 5) is 13.4. The fraction of sp³-hybridized carbons (Fsp3) is 0.321. The molecular formula is C28H33FN2O4. The average molecular weight is 481 g/mol. The average Bonchev–Trinajstić information content (AvgIpc) is 2.86. The van der Waals surface area contributed by atoms with Gasteiger partial charge in [0.2, 0.25) is 0 Å². The second kappa shape index (κ2) is 13.5. The van der Waals surface area contributed by atoms with Gasteiger partial charge < -0.3 is 20.3 Å². The molecule has 0 heterocycles. The largest absolute Gasteiger partial charge is 0.491 e. The zero-order valence-electron chi connectivity index (χ0n) is 20.0. The monoisotopic (exact) mass is 480 g/mol. The molecule has 0 unspecified atom stereocenters. The molecule has 186 valence electrons. The van der Waals surface area contributed by atoms with E-state index in [2.05, 4.69) is 11.0 Å². The molecule has 0 amide bonds. The number of para-hydroxylation sites is 2. The quantitative estimate of drug-likeness (QED) is 0.347. The molecule has 0 saturated heterocycles. The van der Waals surface area contributed by atoms with E-state index in [1.807, 2.05) is 73.7 Å². The van der Waals surface area contributed by atoms with Crippen LogP contribution in [0.4, 0.5) is 4.39 Å². The number of aryl methyl sites for hydroxylation is 1. The molecule has 0 aliphatic heterocycles. The van der Waals surface area contributed by atoms with Crippen LogP contribution in [0, 0.1) is 6.92 Å². The van der Waals surface area contributed by atoms with Crippen molar-refractivity contribution in [1.82, 2.24) is 4.90 Å². The second-order valence-corrected chi connectivity index (χ2v) is 8.47. The zero-order chi connectivity index (χ0) is 25.0. The van der Waals surface area contributed by atoms with Crippen LogP contribution in [0.5, 0.6) is 11.5 Å². The SMILES string of the molecule is Cc1cccc(COc2ccccc2CN(CC[C@H](N)C(=O)O)Cc2ccccc2OCCF)c1. The van der Waals surface area contributed by atoms with Gasteiger partial charge in [0.15, 0.2) is 0 Å². The summed E-state index contributed by atoms with van der Waals surface area (Å²) in [6.45, 7) is 3.37. The fourth-order valence-electron chi connectivity index (χ4n) is 3.80. The van der Waals surface area contributed by atoms with Gasteiger partial charge in [0, 0.05) is 30.8 Å². The Labute approximate surface area is 206 Å². The van der Waals surface area contributed by atoms with Gasteiger partial charge >= 0.3 is 5.97 Å². The highest BCUT2D eigenvalue weighted by molar-refractivity contribution is 5.73. The highest BCUT2D eigenvalue weighted by atomic mass is 19.1. The summed E-state index contributed by atoms with van der Waals surface area (Å²) in [6.07, 6.45) is 0.287. The van der Waals surface area contributed by atoms with Crippen molar-refractivity contribution < 1.29 is 23.8 Å². The van der Waals surface area contributed by atoms with Gasteiger partial charge in [0.25, 0.3) is 0 Å². The Morgan fingerprint density at radius 1 is 0.971 bits per heavy atom. The Morgan fingerprint density at radius 2 is 1.60 bits per heavy atom. The lowest BCUT2D eigenvalue weighted by Crippen LogP contribution is -2.35. The van der Waals surface area contributed by atoms with Gasteiger partial charge in [-0.1, -0.05) is 66.2 Å². The first-order valence-electron chi connectivity index (χ1n) is 11.7. The number of nitrogens with zero attached hydrogens (tertiary/aromatic N) is 1. The van der Waals surface area contributed by atoms with Crippen LogP contribution in [0.25, 0.3) is 0 Å². The van der Waals surface area contributed by atoms with Gasteiger partial charge in [0.1, 0.15) is 37.4 Å². The van der Waals surface area contributed by atoms with Crippen molar-refractivity contribution in [1.29, 1.82) is 0 Å². The molecule has 0 saturated carbocycles.